The molecule has 12 atom stereocenters. The summed E-state index contributed by atoms with van der Waals surface area (Å²) >= 11 is 0. The van der Waals surface area contributed by atoms with Crippen molar-refractivity contribution < 1.29 is 44.2 Å². The Morgan fingerprint density at radius 1 is 1.05 bits per heavy atom. The van der Waals surface area contributed by atoms with Crippen molar-refractivity contribution in [1.82, 2.24) is 0 Å². The number of aliphatic hydroxyl groups is 4. The highest BCUT2D eigenvalue weighted by Gasteiger charge is 2.67. The number of aliphatic hydroxyl groups excluding tert-OH is 3. The molecule has 4 aliphatic carbocycles. The Morgan fingerprint density at radius 3 is 2.50 bits per heavy atom. The molecule has 5 aliphatic rings. The maximum atomic E-state index is 11.4. The summed E-state index contributed by atoms with van der Waals surface area (Å²) in [4.78, 5) is 11.4. The van der Waals surface area contributed by atoms with Crippen molar-refractivity contribution in [3.63, 3.8) is 0 Å². The second kappa shape index (κ2) is 10.2. The van der Waals surface area contributed by atoms with Crippen LogP contribution in [-0.4, -0.2) is 89.6 Å². The summed E-state index contributed by atoms with van der Waals surface area (Å²) in [6.07, 6.45) is 4.02. The Hall–Kier alpha value is -0.810. The largest absolute Gasteiger partial charge is 0.463 e. The monoisotopic (exact) mass is 540 g/mol. The predicted molar refractivity (Wildman–Crippen MR) is 137 cm³/mol. The van der Waals surface area contributed by atoms with E-state index in [9.17, 15) is 25.2 Å². The molecule has 5 fully saturated rings. The lowest BCUT2D eigenvalue weighted by Crippen LogP contribution is -2.61. The number of methoxy groups -OCH3 is 1. The van der Waals surface area contributed by atoms with E-state index < -0.39 is 42.3 Å². The molecule has 2 bridgehead atoms. The van der Waals surface area contributed by atoms with Gasteiger partial charge in [0.2, 0.25) is 0 Å². The first-order valence-electron chi connectivity index (χ1n) is 14.5. The second-order valence-electron chi connectivity index (χ2n) is 13.8. The van der Waals surface area contributed by atoms with E-state index in [-0.39, 0.29) is 35.4 Å². The van der Waals surface area contributed by atoms with Crippen LogP contribution >= 0.6 is 0 Å². The normalized spacial score (nSPS) is 52.2. The molecule has 1 aliphatic heterocycles. The van der Waals surface area contributed by atoms with Gasteiger partial charge in [0.25, 0.3) is 0 Å². The summed E-state index contributed by atoms with van der Waals surface area (Å²) in [6, 6.07) is 0. The summed E-state index contributed by atoms with van der Waals surface area (Å²) < 4.78 is 22.7. The third kappa shape index (κ3) is 4.54. The number of fused-ring (bicyclic) bond motifs is 3. The van der Waals surface area contributed by atoms with Crippen molar-refractivity contribution in [2.24, 2.45) is 34.0 Å². The summed E-state index contributed by atoms with van der Waals surface area (Å²) in [5, 5.41) is 42.8. The lowest BCUT2D eigenvalue weighted by atomic mass is 9.41. The molecule has 0 aromatic rings. The van der Waals surface area contributed by atoms with Crippen LogP contribution in [0.3, 0.4) is 0 Å². The number of carbonyl (C=O) groups excluding carboxylic acids is 1. The fourth-order valence-electron chi connectivity index (χ4n) is 10.1. The fourth-order valence-corrected chi connectivity index (χ4v) is 10.1. The van der Waals surface area contributed by atoms with Crippen LogP contribution < -0.4 is 0 Å². The molecule has 0 aromatic heterocycles. The minimum Gasteiger partial charge on any atom is -0.463 e. The minimum atomic E-state index is -1.29. The van der Waals surface area contributed by atoms with Crippen molar-refractivity contribution in [2.75, 3.05) is 26.9 Å². The van der Waals surface area contributed by atoms with Gasteiger partial charge in [0, 0.05) is 14.0 Å². The molecule has 38 heavy (non-hydrogen) atoms. The number of ether oxygens (including phenoxy) is 4. The van der Waals surface area contributed by atoms with E-state index >= 15 is 0 Å². The Labute approximate surface area is 226 Å². The van der Waals surface area contributed by atoms with E-state index in [1.54, 1.807) is 0 Å². The molecule has 5 rings (SSSR count). The van der Waals surface area contributed by atoms with Crippen LogP contribution in [0.5, 0.6) is 0 Å². The van der Waals surface area contributed by atoms with Crippen molar-refractivity contribution in [1.29, 1.82) is 0 Å². The molecule has 0 radical (unpaired) electrons. The topological polar surface area (TPSA) is 135 Å². The average Bonchev–Trinajstić information content (AvgIpc) is 3.08. The molecule has 1 saturated heterocycles. The highest BCUT2D eigenvalue weighted by molar-refractivity contribution is 5.65. The molecule has 4 N–H and O–H groups in total. The smallest absolute Gasteiger partial charge is 0.302 e. The first-order chi connectivity index (χ1) is 17.9. The maximum absolute atomic E-state index is 11.4. The predicted octanol–water partition coefficient (Wildman–Crippen LogP) is 2.16. The van der Waals surface area contributed by atoms with Crippen molar-refractivity contribution in [2.45, 2.75) is 115 Å². The van der Waals surface area contributed by atoms with Gasteiger partial charge in [-0.3, -0.25) is 4.79 Å². The number of hydrogen-bond acceptors (Lipinski definition) is 9. The Bertz CT molecular complexity index is 884. The standard InChI is InChI=1S/C29H48O9/c1-17(31)36-13-19-24(35-4)22(32)23(33)25(38-19)37-16-26(2)9-5-10-27(3)20(26)8-11-28-12-18(6-7-21(27)28)29(34,14-28)15-30/h18-25,30,32-34H,5-16H2,1-4H3. The highest BCUT2D eigenvalue weighted by atomic mass is 16.7. The number of esters is 1. The van der Waals surface area contributed by atoms with Crippen LogP contribution in [0.25, 0.3) is 0 Å². The van der Waals surface area contributed by atoms with Crippen LogP contribution in [0.15, 0.2) is 0 Å². The molecule has 1 spiro atoms. The van der Waals surface area contributed by atoms with Gasteiger partial charge < -0.3 is 39.4 Å². The second-order valence-corrected chi connectivity index (χ2v) is 13.8. The first kappa shape index (κ1) is 28.7. The number of rotatable bonds is 7. The molecule has 9 heteroatoms. The van der Waals surface area contributed by atoms with Gasteiger partial charge in [-0.05, 0) is 85.4 Å². The van der Waals surface area contributed by atoms with Crippen LogP contribution in [0.4, 0.5) is 0 Å². The quantitative estimate of drug-likeness (QED) is 0.358. The number of hydrogen-bond donors (Lipinski definition) is 4. The van der Waals surface area contributed by atoms with Gasteiger partial charge in [-0.15, -0.1) is 0 Å². The first-order valence-corrected chi connectivity index (χ1v) is 14.5. The summed E-state index contributed by atoms with van der Waals surface area (Å²) in [6.45, 7) is 6.20. The zero-order valence-electron chi connectivity index (χ0n) is 23.4. The molecule has 12 unspecified atom stereocenters. The zero-order valence-corrected chi connectivity index (χ0v) is 23.4. The summed E-state index contributed by atoms with van der Waals surface area (Å²) in [5.74, 6) is 0.681. The molecule has 4 saturated carbocycles. The third-order valence-electron chi connectivity index (χ3n) is 11.7. The lowest BCUT2D eigenvalue weighted by Gasteiger charge is -2.64. The fraction of sp³-hybridized carbons (Fsp3) is 0.966. The van der Waals surface area contributed by atoms with E-state index in [0.29, 0.717) is 24.9 Å². The zero-order chi connectivity index (χ0) is 27.5. The number of carbonyl (C=O) groups is 1. The third-order valence-corrected chi connectivity index (χ3v) is 11.7. The van der Waals surface area contributed by atoms with E-state index in [4.69, 9.17) is 18.9 Å². The van der Waals surface area contributed by atoms with Crippen molar-refractivity contribution in [3.05, 3.63) is 0 Å². The average molecular weight is 541 g/mol. The van der Waals surface area contributed by atoms with Gasteiger partial charge in [-0.1, -0.05) is 20.3 Å². The van der Waals surface area contributed by atoms with Crippen LogP contribution in [0.2, 0.25) is 0 Å². The van der Waals surface area contributed by atoms with E-state index in [0.717, 1.165) is 51.4 Å². The van der Waals surface area contributed by atoms with E-state index in [2.05, 4.69) is 13.8 Å². The van der Waals surface area contributed by atoms with Gasteiger partial charge in [0.15, 0.2) is 6.29 Å². The van der Waals surface area contributed by atoms with E-state index in [1.807, 2.05) is 0 Å². The van der Waals surface area contributed by atoms with Crippen LogP contribution in [0, 0.1) is 34.0 Å². The SMILES string of the molecule is COC1C(COC(C)=O)OC(OCC2(C)CCCC3(C)C2CCC24CC(CCC23)C(O)(CO)C4)C(O)C1O. The molecule has 218 valence electrons. The van der Waals surface area contributed by atoms with Crippen molar-refractivity contribution in [3.8, 4) is 0 Å². The van der Waals surface area contributed by atoms with E-state index in [1.165, 1.54) is 14.0 Å². The van der Waals surface area contributed by atoms with Gasteiger partial charge in [0.1, 0.15) is 31.0 Å². The molecule has 1 heterocycles. The Balaban J connectivity index is 1.31. The molecular weight excluding hydrogens is 492 g/mol. The maximum Gasteiger partial charge on any atom is 0.302 e. The van der Waals surface area contributed by atoms with Gasteiger partial charge >= 0.3 is 5.97 Å². The van der Waals surface area contributed by atoms with Gasteiger partial charge in [0.05, 0.1) is 18.8 Å². The van der Waals surface area contributed by atoms with Gasteiger partial charge in [-0.25, -0.2) is 0 Å². The molecule has 9 nitrogen and oxygen atoms in total. The summed E-state index contributed by atoms with van der Waals surface area (Å²) in [5.41, 5.74) is -0.840. The molecular formula is C29H48O9. The van der Waals surface area contributed by atoms with Crippen molar-refractivity contribution >= 4 is 5.97 Å². The lowest BCUT2D eigenvalue weighted by molar-refractivity contribution is -0.314. The minimum absolute atomic E-state index is 0.0968. The summed E-state index contributed by atoms with van der Waals surface area (Å²) in [7, 11) is 1.42. The van der Waals surface area contributed by atoms with Gasteiger partial charge in [-0.2, -0.15) is 0 Å². The Kier molecular flexibility index (Phi) is 7.73. The molecule has 0 amide bonds. The Morgan fingerprint density at radius 2 is 1.82 bits per heavy atom. The molecule has 0 aromatic carbocycles. The van der Waals surface area contributed by atoms with Crippen LogP contribution in [-0.2, 0) is 23.7 Å². The highest BCUT2D eigenvalue weighted by Crippen LogP contribution is 2.72. The van der Waals surface area contributed by atoms with Crippen LogP contribution in [0.1, 0.15) is 78.6 Å².